The van der Waals surface area contributed by atoms with Crippen LogP contribution in [0.4, 0.5) is 5.82 Å². The summed E-state index contributed by atoms with van der Waals surface area (Å²) in [6, 6.07) is 12.8. The van der Waals surface area contributed by atoms with Crippen LogP contribution < -0.4 is 5.32 Å². The van der Waals surface area contributed by atoms with Gasteiger partial charge in [-0.2, -0.15) is 0 Å². The molecule has 2 heterocycles. The molecular weight excluding hydrogens is 322 g/mol. The van der Waals surface area contributed by atoms with Crippen LogP contribution in [-0.2, 0) is 24.2 Å². The van der Waals surface area contributed by atoms with Gasteiger partial charge in [-0.25, -0.2) is 4.98 Å². The lowest BCUT2D eigenvalue weighted by molar-refractivity contribution is -0.120. The van der Waals surface area contributed by atoms with Gasteiger partial charge < -0.3 is 5.32 Å². The zero-order valence-corrected chi connectivity index (χ0v) is 15.4. The Hall–Kier alpha value is -2.20. The maximum atomic E-state index is 12.5. The van der Waals surface area contributed by atoms with E-state index in [1.54, 1.807) is 6.20 Å². The van der Waals surface area contributed by atoms with E-state index in [1.165, 1.54) is 24.0 Å². The summed E-state index contributed by atoms with van der Waals surface area (Å²) in [5, 5.41) is 3.08. The number of nitrogens with one attached hydrogen (secondary N) is 1. The molecule has 1 atom stereocenters. The summed E-state index contributed by atoms with van der Waals surface area (Å²) in [5.41, 5.74) is 4.04. The van der Waals surface area contributed by atoms with Gasteiger partial charge in [0.05, 0.1) is 0 Å². The fraction of sp³-hybridized carbons (Fsp3) is 0.455. The molecule has 0 bridgehead atoms. The van der Waals surface area contributed by atoms with Gasteiger partial charge >= 0.3 is 0 Å². The van der Waals surface area contributed by atoms with Crippen molar-refractivity contribution < 1.29 is 4.79 Å². The highest BCUT2D eigenvalue weighted by Crippen LogP contribution is 2.37. The van der Waals surface area contributed by atoms with E-state index in [4.69, 9.17) is 0 Å². The molecule has 1 unspecified atom stereocenters. The van der Waals surface area contributed by atoms with Gasteiger partial charge in [0.2, 0.25) is 5.91 Å². The Morgan fingerprint density at radius 3 is 2.50 bits per heavy atom. The van der Waals surface area contributed by atoms with Gasteiger partial charge in [-0.1, -0.05) is 37.3 Å². The Morgan fingerprint density at radius 2 is 1.85 bits per heavy atom. The van der Waals surface area contributed by atoms with Crippen LogP contribution in [0.25, 0.3) is 0 Å². The molecule has 0 radical (unpaired) electrons. The number of rotatable bonds is 5. The lowest BCUT2D eigenvalue weighted by Crippen LogP contribution is -2.28. The molecule has 26 heavy (non-hydrogen) atoms. The smallest absolute Gasteiger partial charge is 0.228 e. The van der Waals surface area contributed by atoms with Crippen LogP contribution in [-0.4, -0.2) is 28.9 Å². The maximum absolute atomic E-state index is 12.5. The summed E-state index contributed by atoms with van der Waals surface area (Å²) in [5.74, 6) is 1.48. The predicted molar refractivity (Wildman–Crippen MR) is 104 cm³/mol. The van der Waals surface area contributed by atoms with Crippen LogP contribution in [0, 0.1) is 11.8 Å². The number of carbonyl (C=O) groups is 1. The zero-order chi connectivity index (χ0) is 17.9. The van der Waals surface area contributed by atoms with Crippen LogP contribution in [0.2, 0.25) is 0 Å². The molecular formula is C22H27N3O. The second-order valence-electron chi connectivity index (χ2n) is 7.67. The van der Waals surface area contributed by atoms with E-state index in [0.29, 0.717) is 5.92 Å². The molecule has 4 rings (SSSR count). The van der Waals surface area contributed by atoms with Gasteiger partial charge in [-0.05, 0) is 48.8 Å². The molecule has 0 saturated heterocycles. The van der Waals surface area contributed by atoms with Crippen LogP contribution in [0.1, 0.15) is 36.5 Å². The number of carbonyl (C=O) groups excluding carboxylic acids is 1. The second-order valence-corrected chi connectivity index (χ2v) is 7.67. The average Bonchev–Trinajstić information content (AvgIpc) is 3.51. The van der Waals surface area contributed by atoms with Gasteiger partial charge in [-0.15, -0.1) is 0 Å². The van der Waals surface area contributed by atoms with Crippen molar-refractivity contribution in [3.05, 3.63) is 59.3 Å². The summed E-state index contributed by atoms with van der Waals surface area (Å²) in [4.78, 5) is 19.4. The normalized spacial score (nSPS) is 18.7. The van der Waals surface area contributed by atoms with Crippen molar-refractivity contribution >= 4 is 11.7 Å². The van der Waals surface area contributed by atoms with E-state index in [9.17, 15) is 4.79 Å². The van der Waals surface area contributed by atoms with E-state index < -0.39 is 0 Å². The molecule has 1 amide bonds. The van der Waals surface area contributed by atoms with Crippen molar-refractivity contribution in [2.24, 2.45) is 11.8 Å². The molecule has 136 valence electrons. The number of hydrogen-bond acceptors (Lipinski definition) is 3. The third-order valence-electron chi connectivity index (χ3n) is 5.78. The second kappa shape index (κ2) is 7.58. The van der Waals surface area contributed by atoms with Gasteiger partial charge in [0.15, 0.2) is 0 Å². The van der Waals surface area contributed by atoms with Crippen molar-refractivity contribution in [1.82, 2.24) is 9.88 Å². The van der Waals surface area contributed by atoms with Gasteiger partial charge in [0.1, 0.15) is 5.82 Å². The van der Waals surface area contributed by atoms with E-state index >= 15 is 0 Å². The first-order valence-corrected chi connectivity index (χ1v) is 9.74. The topological polar surface area (TPSA) is 45.2 Å². The standard InChI is InChI=1S/C22H27N3O/c1-16(17-8-9-17)22(26)24-21-20(7-4-12-23-21)15-25-13-10-18-5-2-3-6-19(18)11-14-25/h2-7,12,16-17H,8-11,13-15H2,1H3,(H,23,24,26). The summed E-state index contributed by atoms with van der Waals surface area (Å²) in [6.07, 6.45) is 6.28. The first-order valence-electron chi connectivity index (χ1n) is 9.74. The van der Waals surface area contributed by atoms with Crippen molar-refractivity contribution in [3.8, 4) is 0 Å². The number of benzene rings is 1. The molecule has 1 N–H and O–H groups in total. The van der Waals surface area contributed by atoms with Crippen LogP contribution >= 0.6 is 0 Å². The van der Waals surface area contributed by atoms with Gasteiger partial charge in [0.25, 0.3) is 0 Å². The number of hydrogen-bond donors (Lipinski definition) is 1. The summed E-state index contributed by atoms with van der Waals surface area (Å²) in [7, 11) is 0. The monoisotopic (exact) mass is 349 g/mol. The molecule has 0 spiro atoms. The number of anilines is 1. The maximum Gasteiger partial charge on any atom is 0.228 e. The third-order valence-corrected chi connectivity index (χ3v) is 5.78. The Kier molecular flexibility index (Phi) is 5.02. The number of aromatic nitrogens is 1. The average molecular weight is 349 g/mol. The molecule has 2 aliphatic rings. The Labute approximate surface area is 155 Å². The lowest BCUT2D eigenvalue weighted by atomic mass is 10.0. The van der Waals surface area contributed by atoms with Gasteiger partial charge in [0, 0.05) is 37.3 Å². The molecule has 1 fully saturated rings. The molecule has 1 aliphatic heterocycles. The van der Waals surface area contributed by atoms with E-state index in [1.807, 2.05) is 13.0 Å². The molecule has 1 saturated carbocycles. The molecule has 1 aromatic carbocycles. The predicted octanol–water partition coefficient (Wildman–Crippen LogP) is 3.67. The quantitative estimate of drug-likeness (QED) is 0.896. The Bertz CT molecular complexity index is 757. The number of pyridine rings is 1. The number of fused-ring (bicyclic) bond motifs is 1. The molecule has 4 heteroatoms. The van der Waals surface area contributed by atoms with Crippen LogP contribution in [0.5, 0.6) is 0 Å². The SMILES string of the molecule is CC(C(=O)Nc1ncccc1CN1CCc2ccccc2CC1)C1CC1. The van der Waals surface area contributed by atoms with Crippen molar-refractivity contribution in [2.45, 2.75) is 39.2 Å². The summed E-state index contributed by atoms with van der Waals surface area (Å²) >= 11 is 0. The van der Waals surface area contributed by atoms with Crippen LogP contribution in [0.3, 0.4) is 0 Å². The highest BCUT2D eigenvalue weighted by molar-refractivity contribution is 5.92. The fourth-order valence-corrected chi connectivity index (χ4v) is 3.83. The van der Waals surface area contributed by atoms with E-state index in [0.717, 1.165) is 43.9 Å². The fourth-order valence-electron chi connectivity index (χ4n) is 3.83. The number of nitrogens with zero attached hydrogens (tertiary/aromatic N) is 2. The largest absolute Gasteiger partial charge is 0.310 e. The highest BCUT2D eigenvalue weighted by Gasteiger charge is 2.33. The van der Waals surface area contributed by atoms with Crippen molar-refractivity contribution in [3.63, 3.8) is 0 Å². The van der Waals surface area contributed by atoms with Crippen molar-refractivity contribution in [2.75, 3.05) is 18.4 Å². The minimum atomic E-state index is 0.0811. The number of amides is 1. The van der Waals surface area contributed by atoms with Crippen LogP contribution in [0.15, 0.2) is 42.6 Å². The van der Waals surface area contributed by atoms with Crippen molar-refractivity contribution in [1.29, 1.82) is 0 Å². The highest BCUT2D eigenvalue weighted by atomic mass is 16.1. The summed E-state index contributed by atoms with van der Waals surface area (Å²) in [6.45, 7) is 4.94. The molecule has 1 aliphatic carbocycles. The Morgan fingerprint density at radius 1 is 1.15 bits per heavy atom. The minimum Gasteiger partial charge on any atom is -0.310 e. The minimum absolute atomic E-state index is 0.0811. The third kappa shape index (κ3) is 3.96. The molecule has 1 aromatic heterocycles. The van der Waals surface area contributed by atoms with Gasteiger partial charge in [-0.3, -0.25) is 9.69 Å². The van der Waals surface area contributed by atoms with E-state index in [-0.39, 0.29) is 11.8 Å². The first kappa shape index (κ1) is 17.2. The molecule has 4 nitrogen and oxygen atoms in total. The first-order chi connectivity index (χ1) is 12.7. The zero-order valence-electron chi connectivity index (χ0n) is 15.4. The molecule has 2 aromatic rings. The summed E-state index contributed by atoms with van der Waals surface area (Å²) < 4.78 is 0. The Balaban J connectivity index is 1.43. The lowest BCUT2D eigenvalue weighted by Gasteiger charge is -2.21. The van der Waals surface area contributed by atoms with E-state index in [2.05, 4.69) is 45.5 Å².